The van der Waals surface area contributed by atoms with E-state index < -0.39 is 5.97 Å². The van der Waals surface area contributed by atoms with Gasteiger partial charge in [-0.2, -0.15) is 0 Å². The molecular weight excluding hydrogens is 274 g/mol. The minimum Gasteiger partial charge on any atom is -0.481 e. The predicted octanol–water partition coefficient (Wildman–Crippen LogP) is 2.12. The van der Waals surface area contributed by atoms with Crippen LogP contribution in [0.2, 0.25) is 5.02 Å². The van der Waals surface area contributed by atoms with E-state index in [0.29, 0.717) is 11.6 Å². The normalized spacial score (nSPS) is 10.1. The van der Waals surface area contributed by atoms with Gasteiger partial charge in [0.1, 0.15) is 0 Å². The number of carboxylic acids is 1. The van der Waals surface area contributed by atoms with Crippen LogP contribution in [0.15, 0.2) is 24.3 Å². The second kappa shape index (κ2) is 7.28. The molecular formula is C12H14ClNO3S. The number of nitrogens with zero attached hydrogens (tertiary/aromatic N) is 1. The second-order valence-electron chi connectivity index (χ2n) is 3.73. The third-order valence-electron chi connectivity index (χ3n) is 2.24. The molecule has 0 spiro atoms. The number of halogens is 1. The van der Waals surface area contributed by atoms with Crippen LogP contribution in [0, 0.1) is 0 Å². The maximum absolute atomic E-state index is 11.7. The molecule has 0 saturated heterocycles. The third kappa shape index (κ3) is 4.98. The number of amides is 1. The van der Waals surface area contributed by atoms with Gasteiger partial charge < -0.3 is 10.0 Å². The molecule has 0 aliphatic heterocycles. The molecule has 0 aliphatic rings. The van der Waals surface area contributed by atoms with Crippen LogP contribution in [0.4, 0.5) is 0 Å². The number of rotatable bonds is 6. The van der Waals surface area contributed by atoms with Gasteiger partial charge in [0.15, 0.2) is 0 Å². The van der Waals surface area contributed by atoms with Crippen LogP contribution >= 0.6 is 23.4 Å². The lowest BCUT2D eigenvalue weighted by atomic mass is 10.2. The molecule has 6 heteroatoms. The topological polar surface area (TPSA) is 57.6 Å². The molecule has 0 aromatic heterocycles. The van der Waals surface area contributed by atoms with Gasteiger partial charge in [-0.05, 0) is 11.6 Å². The Balaban J connectivity index is 2.45. The third-order valence-corrected chi connectivity index (χ3v) is 3.51. The summed E-state index contributed by atoms with van der Waals surface area (Å²) in [5.41, 5.74) is 0.873. The Morgan fingerprint density at radius 2 is 2.00 bits per heavy atom. The van der Waals surface area contributed by atoms with Crippen molar-refractivity contribution in [2.24, 2.45) is 0 Å². The number of carbonyl (C=O) groups is 2. The fraction of sp³-hybridized carbons (Fsp3) is 0.333. The van der Waals surface area contributed by atoms with Crippen LogP contribution in [-0.4, -0.2) is 40.4 Å². The molecule has 98 valence electrons. The number of carboxylic acid groups (broad SMARTS) is 1. The van der Waals surface area contributed by atoms with Crippen molar-refractivity contribution in [1.82, 2.24) is 4.90 Å². The number of carbonyl (C=O) groups excluding carboxylic acids is 1. The van der Waals surface area contributed by atoms with Crippen molar-refractivity contribution in [3.8, 4) is 0 Å². The number of aliphatic carboxylic acids is 1. The van der Waals surface area contributed by atoms with Crippen LogP contribution in [0.5, 0.6) is 0 Å². The summed E-state index contributed by atoms with van der Waals surface area (Å²) in [5, 5.41) is 9.09. The quantitative estimate of drug-likeness (QED) is 0.871. The molecule has 4 nitrogen and oxygen atoms in total. The lowest BCUT2D eigenvalue weighted by Crippen LogP contribution is -2.28. The summed E-state index contributed by atoms with van der Waals surface area (Å²) in [5.74, 6) is -0.929. The van der Waals surface area contributed by atoms with E-state index in [4.69, 9.17) is 16.7 Å². The number of hydrogen-bond donors (Lipinski definition) is 1. The first-order valence-electron chi connectivity index (χ1n) is 5.27. The number of hydrogen-bond acceptors (Lipinski definition) is 3. The van der Waals surface area contributed by atoms with Gasteiger partial charge in [-0.15, -0.1) is 11.8 Å². The van der Waals surface area contributed by atoms with Gasteiger partial charge in [0.25, 0.3) is 0 Å². The molecule has 0 aliphatic carbocycles. The molecule has 0 radical (unpaired) electrons. The Labute approximate surface area is 115 Å². The fourth-order valence-corrected chi connectivity index (χ4v) is 2.17. The molecule has 0 fully saturated rings. The lowest BCUT2D eigenvalue weighted by molar-refractivity contribution is -0.133. The Morgan fingerprint density at radius 1 is 1.33 bits per heavy atom. The van der Waals surface area contributed by atoms with Crippen molar-refractivity contribution in [1.29, 1.82) is 0 Å². The molecule has 1 N–H and O–H groups in total. The summed E-state index contributed by atoms with van der Waals surface area (Å²) < 4.78 is 0. The van der Waals surface area contributed by atoms with Gasteiger partial charge in [-0.1, -0.05) is 29.8 Å². The Hall–Kier alpha value is -1.20. The molecule has 1 rings (SSSR count). The van der Waals surface area contributed by atoms with E-state index in [9.17, 15) is 9.59 Å². The smallest absolute Gasteiger partial charge is 0.313 e. The molecule has 1 aromatic rings. The van der Waals surface area contributed by atoms with E-state index in [1.54, 1.807) is 13.1 Å². The first kappa shape index (κ1) is 14.9. The van der Waals surface area contributed by atoms with Crippen molar-refractivity contribution in [2.75, 3.05) is 18.6 Å². The fourth-order valence-electron chi connectivity index (χ4n) is 1.31. The average Bonchev–Trinajstić information content (AvgIpc) is 2.31. The average molecular weight is 288 g/mol. The molecule has 0 bridgehead atoms. The zero-order valence-corrected chi connectivity index (χ0v) is 11.5. The number of thioether (sulfide) groups is 1. The predicted molar refractivity (Wildman–Crippen MR) is 72.9 cm³/mol. The monoisotopic (exact) mass is 287 g/mol. The first-order chi connectivity index (χ1) is 8.50. The van der Waals surface area contributed by atoms with Crippen LogP contribution in [0.25, 0.3) is 0 Å². The van der Waals surface area contributed by atoms with Gasteiger partial charge in [-0.3, -0.25) is 9.59 Å². The van der Waals surface area contributed by atoms with Crippen molar-refractivity contribution < 1.29 is 14.7 Å². The maximum Gasteiger partial charge on any atom is 0.313 e. The SMILES string of the molecule is CN(Cc1ccccc1Cl)C(=O)CSCC(=O)O. The van der Waals surface area contributed by atoms with E-state index in [-0.39, 0.29) is 17.4 Å². The van der Waals surface area contributed by atoms with Crippen LogP contribution in [0.1, 0.15) is 5.56 Å². The molecule has 1 amide bonds. The summed E-state index contributed by atoms with van der Waals surface area (Å²) >= 11 is 7.09. The van der Waals surface area contributed by atoms with Crippen LogP contribution < -0.4 is 0 Å². The highest BCUT2D eigenvalue weighted by Crippen LogP contribution is 2.16. The Bertz CT molecular complexity index is 439. The molecule has 0 heterocycles. The highest BCUT2D eigenvalue weighted by Gasteiger charge is 2.11. The van der Waals surface area contributed by atoms with Crippen molar-refractivity contribution in [3.63, 3.8) is 0 Å². The molecule has 0 saturated carbocycles. The van der Waals surface area contributed by atoms with Crippen molar-refractivity contribution in [3.05, 3.63) is 34.9 Å². The van der Waals surface area contributed by atoms with E-state index in [2.05, 4.69) is 0 Å². The Kier molecular flexibility index (Phi) is 6.01. The highest BCUT2D eigenvalue weighted by atomic mass is 35.5. The summed E-state index contributed by atoms with van der Waals surface area (Å²) in [7, 11) is 1.67. The molecule has 0 unspecified atom stereocenters. The van der Waals surface area contributed by atoms with Crippen molar-refractivity contribution >= 4 is 35.2 Å². The highest BCUT2D eigenvalue weighted by molar-refractivity contribution is 8.00. The van der Waals surface area contributed by atoms with Gasteiger partial charge in [-0.25, -0.2) is 0 Å². The van der Waals surface area contributed by atoms with E-state index >= 15 is 0 Å². The minimum atomic E-state index is -0.915. The largest absolute Gasteiger partial charge is 0.481 e. The Morgan fingerprint density at radius 3 is 2.61 bits per heavy atom. The molecule has 0 atom stereocenters. The summed E-state index contributed by atoms with van der Waals surface area (Å²) in [4.78, 5) is 23.6. The first-order valence-corrected chi connectivity index (χ1v) is 6.81. The lowest BCUT2D eigenvalue weighted by Gasteiger charge is -2.17. The zero-order valence-electron chi connectivity index (χ0n) is 9.93. The van der Waals surface area contributed by atoms with E-state index in [1.807, 2.05) is 18.2 Å². The van der Waals surface area contributed by atoms with E-state index in [0.717, 1.165) is 17.3 Å². The number of benzene rings is 1. The van der Waals surface area contributed by atoms with Gasteiger partial charge in [0, 0.05) is 18.6 Å². The molecule has 18 heavy (non-hydrogen) atoms. The summed E-state index contributed by atoms with van der Waals surface area (Å²) in [6.45, 7) is 0.423. The van der Waals surface area contributed by atoms with Gasteiger partial charge >= 0.3 is 5.97 Å². The summed E-state index contributed by atoms with van der Waals surface area (Å²) in [6.07, 6.45) is 0. The minimum absolute atomic E-state index is 0.0638. The second-order valence-corrected chi connectivity index (χ2v) is 5.12. The maximum atomic E-state index is 11.7. The van der Waals surface area contributed by atoms with Crippen LogP contribution in [-0.2, 0) is 16.1 Å². The van der Waals surface area contributed by atoms with E-state index in [1.165, 1.54) is 4.90 Å². The summed E-state index contributed by atoms with van der Waals surface area (Å²) in [6, 6.07) is 7.32. The molecule has 1 aromatic carbocycles. The van der Waals surface area contributed by atoms with Gasteiger partial charge in [0.2, 0.25) is 5.91 Å². The zero-order chi connectivity index (χ0) is 13.5. The van der Waals surface area contributed by atoms with Gasteiger partial charge in [0.05, 0.1) is 11.5 Å². The standard InChI is InChI=1S/C12H14ClNO3S/c1-14(11(15)7-18-8-12(16)17)6-9-4-2-3-5-10(9)13/h2-5H,6-8H2,1H3,(H,16,17). The van der Waals surface area contributed by atoms with Crippen LogP contribution in [0.3, 0.4) is 0 Å². The van der Waals surface area contributed by atoms with Crippen molar-refractivity contribution in [2.45, 2.75) is 6.54 Å².